The molecule has 0 aliphatic heterocycles. The van der Waals surface area contributed by atoms with Crippen LogP contribution in [0.25, 0.3) is 17.1 Å². The summed E-state index contributed by atoms with van der Waals surface area (Å²) >= 11 is 7.35. The van der Waals surface area contributed by atoms with Gasteiger partial charge in [0.1, 0.15) is 12.4 Å². The van der Waals surface area contributed by atoms with Gasteiger partial charge in [-0.3, -0.25) is 9.36 Å². The SMILES string of the molecule is CCOc1ccc(-n2c(SCC(=O)N/N=C\c3ccc(OC)c(OCc4ccccc4)c3)nnc2-c2ccc(Cl)cc2)cc1. The van der Waals surface area contributed by atoms with E-state index in [9.17, 15) is 4.79 Å². The fourth-order valence-electron chi connectivity index (χ4n) is 4.20. The van der Waals surface area contributed by atoms with Crippen molar-refractivity contribution in [1.29, 1.82) is 0 Å². The van der Waals surface area contributed by atoms with Crippen molar-refractivity contribution in [3.8, 4) is 34.3 Å². The molecule has 1 heterocycles. The molecule has 0 saturated heterocycles. The average molecular weight is 628 g/mol. The van der Waals surface area contributed by atoms with E-state index in [1.807, 2.05) is 90.4 Å². The highest BCUT2D eigenvalue weighted by Gasteiger charge is 2.17. The summed E-state index contributed by atoms with van der Waals surface area (Å²) in [6.07, 6.45) is 1.55. The van der Waals surface area contributed by atoms with Crippen molar-refractivity contribution in [3.63, 3.8) is 0 Å². The van der Waals surface area contributed by atoms with Crippen LogP contribution in [-0.4, -0.2) is 46.4 Å². The Bertz CT molecular complexity index is 1710. The van der Waals surface area contributed by atoms with Crippen LogP contribution in [0.4, 0.5) is 0 Å². The van der Waals surface area contributed by atoms with Crippen molar-refractivity contribution >= 4 is 35.5 Å². The number of carbonyl (C=O) groups is 1. The number of methoxy groups -OCH3 is 1. The number of aromatic nitrogens is 3. The molecule has 5 rings (SSSR count). The summed E-state index contributed by atoms with van der Waals surface area (Å²) in [7, 11) is 1.59. The molecule has 1 aromatic heterocycles. The van der Waals surface area contributed by atoms with Crippen LogP contribution < -0.4 is 19.6 Å². The number of hydrazone groups is 1. The molecule has 0 aliphatic carbocycles. The molecule has 5 aromatic rings. The van der Waals surface area contributed by atoms with E-state index >= 15 is 0 Å². The molecular weight excluding hydrogens is 598 g/mol. The number of hydrogen-bond acceptors (Lipinski definition) is 8. The molecule has 0 fully saturated rings. The molecule has 11 heteroatoms. The molecule has 0 atom stereocenters. The molecule has 0 spiro atoms. The maximum absolute atomic E-state index is 12.7. The van der Waals surface area contributed by atoms with Gasteiger partial charge in [-0.25, -0.2) is 5.43 Å². The second kappa shape index (κ2) is 15.1. The molecule has 4 aromatic carbocycles. The van der Waals surface area contributed by atoms with Gasteiger partial charge in [-0.1, -0.05) is 53.7 Å². The number of carbonyl (C=O) groups excluding carboxylic acids is 1. The second-order valence-corrected chi connectivity index (χ2v) is 10.7. The van der Waals surface area contributed by atoms with E-state index in [1.54, 1.807) is 31.5 Å². The lowest BCUT2D eigenvalue weighted by Gasteiger charge is -2.12. The number of benzene rings is 4. The van der Waals surface area contributed by atoms with Gasteiger partial charge in [0, 0.05) is 16.3 Å². The molecular formula is C33H30ClN5O4S. The molecule has 9 nitrogen and oxygen atoms in total. The van der Waals surface area contributed by atoms with Gasteiger partial charge in [0.2, 0.25) is 0 Å². The summed E-state index contributed by atoms with van der Waals surface area (Å²) in [6.45, 7) is 2.90. The van der Waals surface area contributed by atoms with Crippen molar-refractivity contribution in [1.82, 2.24) is 20.2 Å². The van der Waals surface area contributed by atoms with Gasteiger partial charge in [0.25, 0.3) is 5.91 Å². The number of ether oxygens (including phenoxy) is 3. The lowest BCUT2D eigenvalue weighted by Crippen LogP contribution is -2.20. The largest absolute Gasteiger partial charge is 0.494 e. The highest BCUT2D eigenvalue weighted by atomic mass is 35.5. The fraction of sp³-hybridized carbons (Fsp3) is 0.152. The Balaban J connectivity index is 1.25. The molecule has 0 saturated carbocycles. The summed E-state index contributed by atoms with van der Waals surface area (Å²) in [5.41, 5.74) is 6.03. The van der Waals surface area contributed by atoms with Gasteiger partial charge < -0.3 is 14.2 Å². The summed E-state index contributed by atoms with van der Waals surface area (Å²) in [4.78, 5) is 12.7. The van der Waals surface area contributed by atoms with Crippen LogP contribution >= 0.6 is 23.4 Å². The zero-order valence-electron chi connectivity index (χ0n) is 24.1. The third-order valence-corrected chi connectivity index (χ3v) is 7.48. The standard InChI is InChI=1S/C33H30ClN5O4S/c1-3-42-28-16-14-27(15-17-28)39-32(25-10-12-26(34)13-11-25)37-38-33(39)44-22-31(40)36-35-20-24-9-18-29(41-2)30(19-24)43-21-23-7-5-4-6-8-23/h4-20H,3,21-22H2,1-2H3,(H,36,40)/b35-20-. The molecule has 0 aliphatic rings. The lowest BCUT2D eigenvalue weighted by atomic mass is 10.2. The van der Waals surface area contributed by atoms with Crippen molar-refractivity contribution in [3.05, 3.63) is 113 Å². The summed E-state index contributed by atoms with van der Waals surface area (Å²) in [5.74, 6) is 2.34. The van der Waals surface area contributed by atoms with Gasteiger partial charge in [-0.2, -0.15) is 5.10 Å². The predicted octanol–water partition coefficient (Wildman–Crippen LogP) is 6.82. The van der Waals surface area contributed by atoms with E-state index in [4.69, 9.17) is 25.8 Å². The quantitative estimate of drug-likeness (QED) is 0.0869. The molecule has 0 unspecified atom stereocenters. The van der Waals surface area contributed by atoms with Gasteiger partial charge >= 0.3 is 0 Å². The number of hydrogen-bond donors (Lipinski definition) is 1. The van der Waals surface area contributed by atoms with Crippen LogP contribution in [0.3, 0.4) is 0 Å². The monoisotopic (exact) mass is 627 g/mol. The third kappa shape index (κ3) is 7.97. The van der Waals surface area contributed by atoms with E-state index in [1.165, 1.54) is 11.8 Å². The number of amides is 1. The zero-order valence-corrected chi connectivity index (χ0v) is 25.7. The first kappa shape index (κ1) is 30.7. The van der Waals surface area contributed by atoms with Crippen LogP contribution in [0.2, 0.25) is 5.02 Å². The van der Waals surface area contributed by atoms with Crippen molar-refractivity contribution in [2.24, 2.45) is 5.10 Å². The van der Waals surface area contributed by atoms with E-state index < -0.39 is 0 Å². The van der Waals surface area contributed by atoms with Crippen LogP contribution in [0, 0.1) is 0 Å². The normalized spacial score (nSPS) is 11.0. The topological polar surface area (TPSA) is 99.9 Å². The number of nitrogens with zero attached hydrogens (tertiary/aromatic N) is 4. The van der Waals surface area contributed by atoms with Gasteiger partial charge in [0.15, 0.2) is 22.5 Å². The first-order chi connectivity index (χ1) is 21.5. The van der Waals surface area contributed by atoms with Crippen LogP contribution in [0.15, 0.2) is 107 Å². The molecule has 0 radical (unpaired) electrons. The summed E-state index contributed by atoms with van der Waals surface area (Å²) in [6, 6.07) is 30.3. The van der Waals surface area contributed by atoms with Crippen LogP contribution in [0.1, 0.15) is 18.1 Å². The number of nitrogens with one attached hydrogen (secondary N) is 1. The average Bonchev–Trinajstić information content (AvgIpc) is 3.48. The number of halogens is 1. The van der Waals surface area contributed by atoms with E-state index in [-0.39, 0.29) is 11.7 Å². The number of thioether (sulfide) groups is 1. The minimum absolute atomic E-state index is 0.0706. The maximum atomic E-state index is 12.7. The smallest absolute Gasteiger partial charge is 0.250 e. The van der Waals surface area contributed by atoms with Gasteiger partial charge in [-0.05, 0) is 84.8 Å². The Hall–Kier alpha value is -4.80. The molecule has 1 N–H and O–H groups in total. The van der Waals surface area contributed by atoms with E-state index in [2.05, 4.69) is 20.7 Å². The molecule has 224 valence electrons. The molecule has 44 heavy (non-hydrogen) atoms. The minimum Gasteiger partial charge on any atom is -0.494 e. The molecule has 1 amide bonds. The first-order valence-electron chi connectivity index (χ1n) is 13.8. The highest BCUT2D eigenvalue weighted by Crippen LogP contribution is 2.30. The second-order valence-electron chi connectivity index (χ2n) is 9.34. The van der Waals surface area contributed by atoms with Crippen molar-refractivity contribution in [2.45, 2.75) is 18.7 Å². The van der Waals surface area contributed by atoms with Gasteiger partial charge in [-0.15, -0.1) is 10.2 Å². The predicted molar refractivity (Wildman–Crippen MR) is 173 cm³/mol. The summed E-state index contributed by atoms with van der Waals surface area (Å²) in [5, 5.41) is 14.1. The van der Waals surface area contributed by atoms with Crippen molar-refractivity contribution in [2.75, 3.05) is 19.5 Å². The fourth-order valence-corrected chi connectivity index (χ4v) is 5.07. The zero-order chi connectivity index (χ0) is 30.7. The third-order valence-electron chi connectivity index (χ3n) is 6.30. The Morgan fingerprint density at radius 2 is 1.73 bits per heavy atom. The Labute approximate surface area is 264 Å². The maximum Gasteiger partial charge on any atom is 0.250 e. The van der Waals surface area contributed by atoms with Crippen molar-refractivity contribution < 1.29 is 19.0 Å². The minimum atomic E-state index is -0.297. The summed E-state index contributed by atoms with van der Waals surface area (Å²) < 4.78 is 18.9. The highest BCUT2D eigenvalue weighted by molar-refractivity contribution is 7.99. The Morgan fingerprint density at radius 1 is 0.955 bits per heavy atom. The van der Waals surface area contributed by atoms with E-state index in [0.717, 1.165) is 28.1 Å². The Morgan fingerprint density at radius 3 is 2.45 bits per heavy atom. The van der Waals surface area contributed by atoms with Crippen LogP contribution in [-0.2, 0) is 11.4 Å². The molecule has 0 bridgehead atoms. The number of rotatable bonds is 13. The van der Waals surface area contributed by atoms with Crippen LogP contribution in [0.5, 0.6) is 17.2 Å². The first-order valence-corrected chi connectivity index (χ1v) is 15.1. The van der Waals surface area contributed by atoms with Gasteiger partial charge in [0.05, 0.1) is 25.7 Å². The van der Waals surface area contributed by atoms with E-state index in [0.29, 0.717) is 40.7 Å². The Kier molecular flexibility index (Phi) is 10.5. The lowest BCUT2D eigenvalue weighted by molar-refractivity contribution is -0.118.